The Bertz CT molecular complexity index is 847. The molecule has 0 radical (unpaired) electrons. The van der Waals surface area contributed by atoms with E-state index in [1.165, 1.54) is 13.3 Å². The molecular formula is C20H23N3O4. The summed E-state index contributed by atoms with van der Waals surface area (Å²) in [4.78, 5) is 28.5. The van der Waals surface area contributed by atoms with Gasteiger partial charge in [-0.2, -0.15) is 0 Å². The molecular weight excluding hydrogens is 346 g/mol. The van der Waals surface area contributed by atoms with E-state index in [4.69, 9.17) is 9.26 Å². The first-order chi connectivity index (χ1) is 13.1. The molecule has 0 N–H and O–H groups in total. The highest BCUT2D eigenvalue weighted by Crippen LogP contribution is 2.23. The number of benzene rings is 1. The van der Waals surface area contributed by atoms with Crippen molar-refractivity contribution >= 4 is 11.7 Å². The van der Waals surface area contributed by atoms with Crippen molar-refractivity contribution in [1.29, 1.82) is 0 Å². The monoisotopic (exact) mass is 369 g/mol. The predicted octanol–water partition coefficient (Wildman–Crippen LogP) is 2.38. The summed E-state index contributed by atoms with van der Waals surface area (Å²) in [5, 5.41) is 3.92. The molecule has 1 aromatic heterocycles. The molecule has 2 saturated heterocycles. The molecule has 27 heavy (non-hydrogen) atoms. The lowest BCUT2D eigenvalue weighted by molar-refractivity contribution is 0.0561. The van der Waals surface area contributed by atoms with Gasteiger partial charge in [-0.25, -0.2) is 0 Å². The quantitative estimate of drug-likeness (QED) is 0.753. The van der Waals surface area contributed by atoms with Gasteiger partial charge in [-0.3, -0.25) is 14.5 Å². The number of hydrogen-bond donors (Lipinski definition) is 0. The molecule has 1 atom stereocenters. The molecule has 1 unspecified atom stereocenters. The van der Waals surface area contributed by atoms with E-state index in [2.05, 4.69) is 10.1 Å². The van der Waals surface area contributed by atoms with E-state index < -0.39 is 0 Å². The number of aromatic nitrogens is 1. The van der Waals surface area contributed by atoms with Crippen molar-refractivity contribution in [2.24, 2.45) is 0 Å². The van der Waals surface area contributed by atoms with Gasteiger partial charge in [0.1, 0.15) is 12.4 Å². The Kier molecular flexibility index (Phi) is 4.94. The van der Waals surface area contributed by atoms with Gasteiger partial charge in [-0.1, -0.05) is 17.3 Å². The normalized spacial score (nSPS) is 19.7. The second-order valence-corrected chi connectivity index (χ2v) is 7.13. The molecule has 2 aliphatic heterocycles. The highest BCUT2D eigenvalue weighted by Gasteiger charge is 2.33. The van der Waals surface area contributed by atoms with Crippen LogP contribution in [0.25, 0.3) is 0 Å². The number of Topliss-reactive ketones (excluding diaryl/α,β-unsaturated/α-hetero) is 1. The second-order valence-electron chi connectivity index (χ2n) is 7.13. The summed E-state index contributed by atoms with van der Waals surface area (Å²) in [7, 11) is 0. The van der Waals surface area contributed by atoms with Crippen LogP contribution < -0.4 is 4.74 Å². The second kappa shape index (κ2) is 7.52. The van der Waals surface area contributed by atoms with Crippen LogP contribution in [-0.4, -0.2) is 58.9 Å². The minimum Gasteiger partial charge on any atom is -0.486 e. The first kappa shape index (κ1) is 17.7. The molecule has 4 rings (SSSR count). The summed E-state index contributed by atoms with van der Waals surface area (Å²) in [6.07, 6.45) is 2.37. The maximum Gasteiger partial charge on any atom is 0.276 e. The van der Waals surface area contributed by atoms with Gasteiger partial charge in [0.05, 0.1) is 0 Å². The Balaban J connectivity index is 1.36. The highest BCUT2D eigenvalue weighted by molar-refractivity contribution is 5.94. The molecule has 1 aromatic carbocycles. The third kappa shape index (κ3) is 3.88. The average molecular weight is 369 g/mol. The molecule has 7 nitrogen and oxygen atoms in total. The van der Waals surface area contributed by atoms with Crippen LogP contribution in [0.5, 0.6) is 5.75 Å². The van der Waals surface area contributed by atoms with Gasteiger partial charge in [0, 0.05) is 37.3 Å². The maximum atomic E-state index is 12.7. The third-order valence-electron chi connectivity index (χ3n) is 5.27. The third-order valence-corrected chi connectivity index (χ3v) is 5.27. The fourth-order valence-electron chi connectivity index (χ4n) is 3.78. The molecule has 0 bridgehead atoms. The molecule has 1 amide bonds. The minimum atomic E-state index is -0.0878. The van der Waals surface area contributed by atoms with Crippen molar-refractivity contribution in [1.82, 2.24) is 15.0 Å². The number of piperazine rings is 1. The first-order valence-electron chi connectivity index (χ1n) is 9.33. The predicted molar refractivity (Wildman–Crippen MR) is 97.8 cm³/mol. The van der Waals surface area contributed by atoms with E-state index in [0.29, 0.717) is 28.8 Å². The number of fused-ring (bicyclic) bond motifs is 1. The van der Waals surface area contributed by atoms with Gasteiger partial charge in [0.15, 0.2) is 17.2 Å². The van der Waals surface area contributed by atoms with Crippen LogP contribution in [0.1, 0.15) is 46.4 Å². The molecule has 2 aromatic rings. The van der Waals surface area contributed by atoms with Crippen molar-refractivity contribution < 1.29 is 18.8 Å². The van der Waals surface area contributed by atoms with Crippen LogP contribution in [0, 0.1) is 0 Å². The Morgan fingerprint density at radius 1 is 1.26 bits per heavy atom. The van der Waals surface area contributed by atoms with E-state index in [9.17, 15) is 9.59 Å². The number of carbonyl (C=O) groups excluding carboxylic acids is 2. The molecule has 2 aliphatic rings. The Morgan fingerprint density at radius 2 is 2.15 bits per heavy atom. The molecule has 3 heterocycles. The van der Waals surface area contributed by atoms with Crippen LogP contribution in [0.4, 0.5) is 0 Å². The number of ketones is 1. The molecule has 2 fully saturated rings. The Hall–Kier alpha value is -2.67. The zero-order valence-electron chi connectivity index (χ0n) is 15.4. The fraction of sp³-hybridized carbons (Fsp3) is 0.450. The van der Waals surface area contributed by atoms with Gasteiger partial charge in [0.25, 0.3) is 5.91 Å². The molecule has 0 aliphatic carbocycles. The summed E-state index contributed by atoms with van der Waals surface area (Å²) in [6, 6.07) is 9.08. The number of ether oxygens (including phenoxy) is 1. The Morgan fingerprint density at radius 3 is 3.00 bits per heavy atom. The summed E-state index contributed by atoms with van der Waals surface area (Å²) in [5.74, 6) is 0.945. The van der Waals surface area contributed by atoms with Crippen LogP contribution in [0.3, 0.4) is 0 Å². The van der Waals surface area contributed by atoms with Crippen LogP contribution in [-0.2, 0) is 6.61 Å². The van der Waals surface area contributed by atoms with E-state index in [0.717, 1.165) is 32.6 Å². The summed E-state index contributed by atoms with van der Waals surface area (Å²) < 4.78 is 10.9. The fourth-order valence-corrected chi connectivity index (χ4v) is 3.78. The maximum absolute atomic E-state index is 12.7. The number of rotatable bonds is 5. The van der Waals surface area contributed by atoms with Gasteiger partial charge < -0.3 is 14.2 Å². The molecule has 142 valence electrons. The largest absolute Gasteiger partial charge is 0.486 e. The lowest BCUT2D eigenvalue weighted by Crippen LogP contribution is -2.52. The van der Waals surface area contributed by atoms with Gasteiger partial charge >= 0.3 is 0 Å². The lowest BCUT2D eigenvalue weighted by atomic mass is 10.1. The van der Waals surface area contributed by atoms with E-state index in [1.807, 2.05) is 4.90 Å². The minimum absolute atomic E-state index is 0.0182. The highest BCUT2D eigenvalue weighted by atomic mass is 16.5. The summed E-state index contributed by atoms with van der Waals surface area (Å²) >= 11 is 0. The van der Waals surface area contributed by atoms with E-state index in [-0.39, 0.29) is 18.3 Å². The van der Waals surface area contributed by atoms with E-state index in [1.54, 1.807) is 30.3 Å². The van der Waals surface area contributed by atoms with Gasteiger partial charge in [0.2, 0.25) is 0 Å². The molecule has 0 saturated carbocycles. The zero-order chi connectivity index (χ0) is 18.8. The number of hydrogen-bond acceptors (Lipinski definition) is 6. The SMILES string of the molecule is CC(=O)c1cccc(OCc2cc(C(=O)N3CCN4CCCC4C3)no2)c1. The number of carbonyl (C=O) groups is 2. The zero-order valence-corrected chi connectivity index (χ0v) is 15.4. The van der Waals surface area contributed by atoms with Crippen LogP contribution >= 0.6 is 0 Å². The molecule has 7 heteroatoms. The van der Waals surface area contributed by atoms with Crippen molar-refractivity contribution in [2.75, 3.05) is 26.2 Å². The van der Waals surface area contributed by atoms with Crippen LogP contribution in [0.2, 0.25) is 0 Å². The van der Waals surface area contributed by atoms with Crippen molar-refractivity contribution in [3.8, 4) is 5.75 Å². The molecule has 0 spiro atoms. The van der Waals surface area contributed by atoms with Crippen molar-refractivity contribution in [2.45, 2.75) is 32.4 Å². The van der Waals surface area contributed by atoms with Crippen LogP contribution in [0.15, 0.2) is 34.9 Å². The summed E-state index contributed by atoms with van der Waals surface area (Å²) in [6.45, 7) is 5.22. The van der Waals surface area contributed by atoms with Crippen molar-refractivity contribution in [3.05, 3.63) is 47.3 Å². The van der Waals surface area contributed by atoms with Gasteiger partial charge in [-0.05, 0) is 38.4 Å². The van der Waals surface area contributed by atoms with Gasteiger partial charge in [-0.15, -0.1) is 0 Å². The summed E-state index contributed by atoms with van der Waals surface area (Å²) in [5.41, 5.74) is 0.907. The average Bonchev–Trinajstić information content (AvgIpc) is 3.34. The topological polar surface area (TPSA) is 75.9 Å². The standard InChI is InChI=1S/C20H23N3O4/c1-14(24)15-4-2-6-17(10-15)26-13-18-11-19(21-27-18)20(25)23-9-8-22-7-3-5-16(22)12-23/h2,4,6,10-11,16H,3,5,7-9,12-13H2,1H3. The van der Waals surface area contributed by atoms with Crippen molar-refractivity contribution in [3.63, 3.8) is 0 Å². The first-order valence-corrected chi connectivity index (χ1v) is 9.33. The smallest absolute Gasteiger partial charge is 0.276 e. The lowest BCUT2D eigenvalue weighted by Gasteiger charge is -2.37. The number of nitrogens with zero attached hydrogens (tertiary/aromatic N) is 3. The number of amides is 1. The van der Waals surface area contributed by atoms with E-state index >= 15 is 0 Å². The Labute approximate surface area is 157 Å².